The number of pyridine rings is 1. The van der Waals surface area contributed by atoms with Gasteiger partial charge in [0.1, 0.15) is 0 Å². The van der Waals surface area contributed by atoms with Gasteiger partial charge in [-0.3, -0.25) is 9.59 Å². The number of fused-ring (bicyclic) bond motifs is 1. The first-order valence-electron chi connectivity index (χ1n) is 11.3. The van der Waals surface area contributed by atoms with Crippen LogP contribution in [-0.2, 0) is 4.79 Å². The van der Waals surface area contributed by atoms with E-state index in [2.05, 4.69) is 29.6 Å². The molecule has 0 spiro atoms. The predicted molar refractivity (Wildman–Crippen MR) is 116 cm³/mol. The summed E-state index contributed by atoms with van der Waals surface area (Å²) in [5, 5.41) is 11.5. The van der Waals surface area contributed by atoms with E-state index in [0.717, 1.165) is 48.8 Å². The number of aromatic nitrogens is 3. The van der Waals surface area contributed by atoms with Gasteiger partial charge in [0.15, 0.2) is 5.65 Å². The van der Waals surface area contributed by atoms with E-state index >= 15 is 0 Å². The molecule has 7 nitrogen and oxygen atoms in total. The standard InChI is InChI=1S/C23H33N5O2/c1-13(2)25-22(29)16-6-5-7-17(10-16)26-23(30)18-11-20(15-8-9-15)27-21-19(18)12-24-28(21)14(3)4/h11-17H,5-10H2,1-4H3,(H,25,29)(H,26,30). The molecule has 2 unspecified atom stereocenters. The number of rotatable bonds is 6. The lowest BCUT2D eigenvalue weighted by Gasteiger charge is -2.29. The third kappa shape index (κ3) is 4.35. The molecule has 2 fully saturated rings. The van der Waals surface area contributed by atoms with Gasteiger partial charge in [0.2, 0.25) is 5.91 Å². The molecule has 2 aromatic heterocycles. The van der Waals surface area contributed by atoms with Crippen molar-refractivity contribution in [3.05, 3.63) is 23.5 Å². The molecular weight excluding hydrogens is 378 g/mol. The highest BCUT2D eigenvalue weighted by Crippen LogP contribution is 2.40. The van der Waals surface area contributed by atoms with Gasteiger partial charge in [-0.2, -0.15) is 5.10 Å². The summed E-state index contributed by atoms with van der Waals surface area (Å²) in [6.07, 6.45) is 7.46. The quantitative estimate of drug-likeness (QED) is 0.758. The fraction of sp³-hybridized carbons (Fsp3) is 0.652. The molecular formula is C23H33N5O2. The van der Waals surface area contributed by atoms with Crippen molar-refractivity contribution in [3.63, 3.8) is 0 Å². The predicted octanol–water partition coefficient (Wildman–Crippen LogP) is 3.70. The first kappa shape index (κ1) is 20.8. The molecule has 0 bridgehead atoms. The second-order valence-electron chi connectivity index (χ2n) is 9.49. The molecule has 162 valence electrons. The second-order valence-corrected chi connectivity index (χ2v) is 9.49. The van der Waals surface area contributed by atoms with Crippen molar-refractivity contribution in [3.8, 4) is 0 Å². The SMILES string of the molecule is CC(C)NC(=O)C1CCCC(NC(=O)c2cc(C3CC3)nc3c2cnn3C(C)C)C1. The molecule has 2 aromatic rings. The van der Waals surface area contributed by atoms with Crippen LogP contribution < -0.4 is 10.6 Å². The van der Waals surface area contributed by atoms with Gasteiger partial charge >= 0.3 is 0 Å². The molecule has 0 aliphatic heterocycles. The minimum Gasteiger partial charge on any atom is -0.354 e. The largest absolute Gasteiger partial charge is 0.354 e. The number of amides is 2. The first-order valence-corrected chi connectivity index (χ1v) is 11.3. The molecule has 0 aromatic carbocycles. The smallest absolute Gasteiger partial charge is 0.252 e. The average Bonchev–Trinajstić information content (AvgIpc) is 3.45. The summed E-state index contributed by atoms with van der Waals surface area (Å²) < 4.78 is 1.89. The van der Waals surface area contributed by atoms with Crippen LogP contribution in [0, 0.1) is 5.92 Å². The molecule has 2 amide bonds. The number of carbonyl (C=O) groups excluding carboxylic acids is 2. The van der Waals surface area contributed by atoms with E-state index in [4.69, 9.17) is 4.98 Å². The maximum atomic E-state index is 13.3. The normalized spacial score (nSPS) is 21.9. The lowest BCUT2D eigenvalue weighted by atomic mass is 9.85. The molecule has 2 aliphatic rings. The molecule has 0 saturated heterocycles. The van der Waals surface area contributed by atoms with Crippen molar-refractivity contribution < 1.29 is 9.59 Å². The second kappa shape index (κ2) is 8.36. The number of carbonyl (C=O) groups is 2. The van der Waals surface area contributed by atoms with Gasteiger partial charge in [-0.05, 0) is 65.9 Å². The summed E-state index contributed by atoms with van der Waals surface area (Å²) >= 11 is 0. The van der Waals surface area contributed by atoms with Crippen LogP contribution in [0.2, 0.25) is 0 Å². The Labute approximate surface area is 178 Å². The van der Waals surface area contributed by atoms with Crippen molar-refractivity contribution in [1.29, 1.82) is 0 Å². The van der Waals surface area contributed by atoms with Crippen LogP contribution in [0.25, 0.3) is 11.0 Å². The van der Waals surface area contributed by atoms with Gasteiger partial charge in [-0.1, -0.05) is 6.42 Å². The highest BCUT2D eigenvalue weighted by Gasteiger charge is 2.31. The maximum absolute atomic E-state index is 13.3. The van der Waals surface area contributed by atoms with Crippen molar-refractivity contribution in [2.75, 3.05) is 0 Å². The van der Waals surface area contributed by atoms with Crippen molar-refractivity contribution in [2.45, 2.75) is 90.3 Å². The monoisotopic (exact) mass is 411 g/mol. The number of nitrogens with zero attached hydrogens (tertiary/aromatic N) is 3. The molecule has 7 heteroatoms. The van der Waals surface area contributed by atoms with Gasteiger partial charge in [-0.25, -0.2) is 9.67 Å². The van der Waals surface area contributed by atoms with E-state index in [-0.39, 0.29) is 35.9 Å². The van der Waals surface area contributed by atoms with E-state index in [9.17, 15) is 9.59 Å². The average molecular weight is 412 g/mol. The topological polar surface area (TPSA) is 88.9 Å². The summed E-state index contributed by atoms with van der Waals surface area (Å²) in [6, 6.07) is 2.28. The van der Waals surface area contributed by atoms with E-state index in [1.165, 1.54) is 0 Å². The Kier molecular flexibility index (Phi) is 5.80. The van der Waals surface area contributed by atoms with Crippen LogP contribution >= 0.6 is 0 Å². The Hall–Kier alpha value is -2.44. The molecule has 2 N–H and O–H groups in total. The number of hydrogen-bond donors (Lipinski definition) is 2. The Morgan fingerprint density at radius 1 is 1.13 bits per heavy atom. The van der Waals surface area contributed by atoms with Crippen LogP contribution in [0.3, 0.4) is 0 Å². The van der Waals surface area contributed by atoms with Gasteiger partial charge in [-0.15, -0.1) is 0 Å². The van der Waals surface area contributed by atoms with Crippen LogP contribution in [0.15, 0.2) is 12.3 Å². The zero-order chi connectivity index (χ0) is 21.4. The van der Waals surface area contributed by atoms with Gasteiger partial charge in [0.25, 0.3) is 5.91 Å². The van der Waals surface area contributed by atoms with E-state index in [1.807, 2.05) is 24.6 Å². The van der Waals surface area contributed by atoms with Gasteiger partial charge in [0.05, 0.1) is 17.1 Å². The maximum Gasteiger partial charge on any atom is 0.252 e. The molecule has 30 heavy (non-hydrogen) atoms. The summed E-state index contributed by atoms with van der Waals surface area (Å²) in [7, 11) is 0. The van der Waals surface area contributed by atoms with Gasteiger partial charge < -0.3 is 10.6 Å². The van der Waals surface area contributed by atoms with Gasteiger partial charge in [0, 0.05) is 35.7 Å². The van der Waals surface area contributed by atoms with Crippen LogP contribution in [0.1, 0.15) is 94.2 Å². The molecule has 0 radical (unpaired) electrons. The molecule has 4 rings (SSSR count). The molecule has 2 heterocycles. The number of nitrogens with one attached hydrogen (secondary N) is 2. The molecule has 2 saturated carbocycles. The lowest BCUT2D eigenvalue weighted by molar-refractivity contribution is -0.126. The van der Waals surface area contributed by atoms with E-state index in [1.54, 1.807) is 6.20 Å². The van der Waals surface area contributed by atoms with Crippen molar-refractivity contribution in [1.82, 2.24) is 25.4 Å². The van der Waals surface area contributed by atoms with Crippen LogP contribution in [0.4, 0.5) is 0 Å². The van der Waals surface area contributed by atoms with Crippen LogP contribution in [0.5, 0.6) is 0 Å². The van der Waals surface area contributed by atoms with Crippen molar-refractivity contribution in [2.24, 2.45) is 5.92 Å². The summed E-state index contributed by atoms with van der Waals surface area (Å²) in [6.45, 7) is 8.09. The number of hydrogen-bond acceptors (Lipinski definition) is 4. The summed E-state index contributed by atoms with van der Waals surface area (Å²) in [5.74, 6) is 0.442. The lowest BCUT2D eigenvalue weighted by Crippen LogP contribution is -2.43. The Morgan fingerprint density at radius 3 is 2.57 bits per heavy atom. The third-order valence-corrected chi connectivity index (χ3v) is 6.13. The van der Waals surface area contributed by atoms with Crippen LogP contribution in [-0.4, -0.2) is 38.7 Å². The van der Waals surface area contributed by atoms with E-state index < -0.39 is 0 Å². The first-order chi connectivity index (χ1) is 14.3. The fourth-order valence-electron chi connectivity index (χ4n) is 4.42. The third-order valence-electron chi connectivity index (χ3n) is 6.13. The zero-order valence-electron chi connectivity index (χ0n) is 18.4. The van der Waals surface area contributed by atoms with E-state index in [0.29, 0.717) is 17.9 Å². The summed E-state index contributed by atoms with van der Waals surface area (Å²) in [4.78, 5) is 30.6. The zero-order valence-corrected chi connectivity index (χ0v) is 18.4. The fourth-order valence-corrected chi connectivity index (χ4v) is 4.42. The molecule has 2 atom stereocenters. The Balaban J connectivity index is 1.55. The molecule has 2 aliphatic carbocycles. The summed E-state index contributed by atoms with van der Waals surface area (Å²) in [5.41, 5.74) is 2.44. The Morgan fingerprint density at radius 2 is 1.90 bits per heavy atom. The van der Waals surface area contributed by atoms with Crippen molar-refractivity contribution >= 4 is 22.8 Å². The minimum atomic E-state index is -0.0810. The highest BCUT2D eigenvalue weighted by atomic mass is 16.2. The minimum absolute atomic E-state index is 0.0156. The Bertz CT molecular complexity index is 944. The highest BCUT2D eigenvalue weighted by molar-refractivity contribution is 6.05.